The molecule has 2 atom stereocenters. The van der Waals surface area contributed by atoms with Gasteiger partial charge in [0.05, 0.1) is 12.2 Å². The molecule has 0 saturated carbocycles. The highest BCUT2D eigenvalue weighted by Gasteiger charge is 2.41. The van der Waals surface area contributed by atoms with Gasteiger partial charge in [-0.25, -0.2) is 0 Å². The zero-order valence-electron chi connectivity index (χ0n) is 12.1. The fourth-order valence-corrected chi connectivity index (χ4v) is 3.50. The fraction of sp³-hybridized carbons (Fsp3) is 1.00. The lowest BCUT2D eigenvalue weighted by atomic mass is 9.81. The van der Waals surface area contributed by atoms with Gasteiger partial charge in [-0.1, -0.05) is 6.92 Å². The van der Waals surface area contributed by atoms with Crippen LogP contribution in [0.4, 0.5) is 0 Å². The molecule has 3 fully saturated rings. The quantitative estimate of drug-likeness (QED) is 0.847. The van der Waals surface area contributed by atoms with E-state index in [1.165, 1.54) is 12.8 Å². The third-order valence-corrected chi connectivity index (χ3v) is 5.08. The Labute approximate surface area is 116 Å². The first-order chi connectivity index (χ1) is 9.20. The Morgan fingerprint density at radius 1 is 1.05 bits per heavy atom. The monoisotopic (exact) mass is 269 g/mol. The Balaban J connectivity index is 1.49. The van der Waals surface area contributed by atoms with Crippen LogP contribution in [0.3, 0.4) is 0 Å². The third kappa shape index (κ3) is 3.30. The molecule has 0 bridgehead atoms. The van der Waals surface area contributed by atoms with Crippen LogP contribution in [0.1, 0.15) is 39.0 Å². The van der Waals surface area contributed by atoms with Crippen LogP contribution in [0.2, 0.25) is 0 Å². The summed E-state index contributed by atoms with van der Waals surface area (Å²) in [5.74, 6) is 0. The molecule has 110 valence electrons. The molecule has 3 rings (SSSR count). The highest BCUT2D eigenvalue weighted by molar-refractivity contribution is 4.93. The molecule has 0 aromatic rings. The van der Waals surface area contributed by atoms with Crippen LogP contribution in [0.15, 0.2) is 0 Å². The van der Waals surface area contributed by atoms with E-state index < -0.39 is 0 Å². The van der Waals surface area contributed by atoms with E-state index in [4.69, 9.17) is 14.2 Å². The molecular weight excluding hydrogens is 242 g/mol. The maximum atomic E-state index is 5.99. The normalized spacial score (nSPS) is 38.7. The molecule has 3 saturated heterocycles. The van der Waals surface area contributed by atoms with Crippen molar-refractivity contribution in [3.05, 3.63) is 0 Å². The lowest BCUT2D eigenvalue weighted by Crippen LogP contribution is -2.50. The van der Waals surface area contributed by atoms with Crippen LogP contribution in [-0.4, -0.2) is 51.2 Å². The molecule has 0 radical (unpaired) electrons. The van der Waals surface area contributed by atoms with Gasteiger partial charge in [0.2, 0.25) is 0 Å². The van der Waals surface area contributed by atoms with E-state index >= 15 is 0 Å². The predicted molar refractivity (Wildman–Crippen MR) is 73.3 cm³/mol. The maximum absolute atomic E-state index is 5.99. The summed E-state index contributed by atoms with van der Waals surface area (Å²) in [5.41, 5.74) is 0.433. The number of nitrogens with one attached hydrogen (secondary N) is 1. The number of rotatable bonds is 3. The van der Waals surface area contributed by atoms with Crippen molar-refractivity contribution in [3.63, 3.8) is 0 Å². The molecule has 3 aliphatic heterocycles. The number of hydrogen-bond donors (Lipinski definition) is 1. The van der Waals surface area contributed by atoms with Crippen LogP contribution in [-0.2, 0) is 14.2 Å². The molecule has 3 aliphatic rings. The zero-order valence-corrected chi connectivity index (χ0v) is 12.1. The van der Waals surface area contributed by atoms with Gasteiger partial charge in [-0.15, -0.1) is 0 Å². The standard InChI is InChI=1S/C15H27NO3/c1-14(3-7-17-8-4-14)11-16-13-2-6-19-15(10-13)5-9-18-12-15/h13,16H,2-12H2,1H3. The lowest BCUT2D eigenvalue weighted by molar-refractivity contribution is -0.0908. The fourth-order valence-electron chi connectivity index (χ4n) is 3.50. The molecule has 0 aromatic carbocycles. The molecule has 4 heteroatoms. The van der Waals surface area contributed by atoms with Gasteiger partial charge in [-0.2, -0.15) is 0 Å². The summed E-state index contributed by atoms with van der Waals surface area (Å²) in [6.45, 7) is 7.86. The lowest BCUT2D eigenvalue weighted by Gasteiger charge is -2.40. The van der Waals surface area contributed by atoms with Crippen molar-refractivity contribution >= 4 is 0 Å². The Hall–Kier alpha value is -0.160. The van der Waals surface area contributed by atoms with Crippen LogP contribution in [0.5, 0.6) is 0 Å². The molecule has 2 unspecified atom stereocenters. The Morgan fingerprint density at radius 2 is 1.84 bits per heavy atom. The molecule has 1 spiro atoms. The minimum atomic E-state index is 0.0203. The van der Waals surface area contributed by atoms with Gasteiger partial charge in [0.25, 0.3) is 0 Å². The van der Waals surface area contributed by atoms with E-state index in [0.717, 1.165) is 58.8 Å². The predicted octanol–water partition coefficient (Wildman–Crippen LogP) is 1.73. The van der Waals surface area contributed by atoms with Gasteiger partial charge in [0.1, 0.15) is 0 Å². The molecule has 3 heterocycles. The van der Waals surface area contributed by atoms with E-state index in [1.807, 2.05) is 0 Å². The first-order valence-corrected chi connectivity index (χ1v) is 7.73. The molecular formula is C15H27NO3. The zero-order chi connectivity index (χ0) is 13.2. The number of ether oxygens (including phenoxy) is 3. The average molecular weight is 269 g/mol. The van der Waals surface area contributed by atoms with Crippen LogP contribution in [0, 0.1) is 5.41 Å². The van der Waals surface area contributed by atoms with E-state index in [1.54, 1.807) is 0 Å². The highest BCUT2D eigenvalue weighted by atomic mass is 16.6. The first kappa shape index (κ1) is 13.8. The topological polar surface area (TPSA) is 39.7 Å². The van der Waals surface area contributed by atoms with E-state index in [-0.39, 0.29) is 5.60 Å². The van der Waals surface area contributed by atoms with Gasteiger partial charge < -0.3 is 19.5 Å². The van der Waals surface area contributed by atoms with Crippen LogP contribution in [0.25, 0.3) is 0 Å². The van der Waals surface area contributed by atoms with Crippen molar-refractivity contribution in [3.8, 4) is 0 Å². The smallest absolute Gasteiger partial charge is 0.0951 e. The van der Waals surface area contributed by atoms with Gasteiger partial charge in [-0.3, -0.25) is 0 Å². The van der Waals surface area contributed by atoms with Crippen LogP contribution >= 0.6 is 0 Å². The molecule has 4 nitrogen and oxygen atoms in total. The van der Waals surface area contributed by atoms with Crippen molar-refractivity contribution in [1.82, 2.24) is 5.32 Å². The van der Waals surface area contributed by atoms with Gasteiger partial charge >= 0.3 is 0 Å². The van der Waals surface area contributed by atoms with Gasteiger partial charge in [-0.05, 0) is 31.1 Å². The second-order valence-corrected chi connectivity index (χ2v) is 6.83. The Bertz CT molecular complexity index is 296. The van der Waals surface area contributed by atoms with Crippen molar-refractivity contribution < 1.29 is 14.2 Å². The second-order valence-electron chi connectivity index (χ2n) is 6.83. The van der Waals surface area contributed by atoms with E-state index in [2.05, 4.69) is 12.2 Å². The minimum Gasteiger partial charge on any atom is -0.381 e. The SMILES string of the molecule is CC1(CNC2CCOC3(CCOC3)C2)CCOCC1. The number of hydrogen-bond acceptors (Lipinski definition) is 4. The summed E-state index contributed by atoms with van der Waals surface area (Å²) in [7, 11) is 0. The third-order valence-electron chi connectivity index (χ3n) is 5.08. The van der Waals surface area contributed by atoms with Crippen molar-refractivity contribution in [2.45, 2.75) is 50.7 Å². The van der Waals surface area contributed by atoms with Crippen molar-refractivity contribution in [1.29, 1.82) is 0 Å². The average Bonchev–Trinajstić information content (AvgIpc) is 2.86. The summed E-state index contributed by atoms with van der Waals surface area (Å²) in [5, 5.41) is 3.79. The summed E-state index contributed by atoms with van der Waals surface area (Å²) < 4.78 is 17.0. The summed E-state index contributed by atoms with van der Waals surface area (Å²) in [6, 6.07) is 0.593. The van der Waals surface area contributed by atoms with E-state index in [9.17, 15) is 0 Å². The largest absolute Gasteiger partial charge is 0.381 e. The van der Waals surface area contributed by atoms with Crippen LogP contribution < -0.4 is 5.32 Å². The van der Waals surface area contributed by atoms with Gasteiger partial charge in [0, 0.05) is 45.4 Å². The second kappa shape index (κ2) is 5.68. The maximum Gasteiger partial charge on any atom is 0.0951 e. The molecule has 0 aromatic heterocycles. The summed E-state index contributed by atoms with van der Waals surface area (Å²) >= 11 is 0. The molecule has 19 heavy (non-hydrogen) atoms. The summed E-state index contributed by atoms with van der Waals surface area (Å²) in [6.07, 6.45) is 5.67. The highest BCUT2D eigenvalue weighted by Crippen LogP contribution is 2.34. The van der Waals surface area contributed by atoms with Crippen molar-refractivity contribution in [2.24, 2.45) is 5.41 Å². The Kier molecular flexibility index (Phi) is 4.13. The molecule has 0 amide bonds. The minimum absolute atomic E-state index is 0.0203. The molecule has 1 N–H and O–H groups in total. The Morgan fingerprint density at radius 3 is 2.58 bits per heavy atom. The summed E-state index contributed by atoms with van der Waals surface area (Å²) in [4.78, 5) is 0. The first-order valence-electron chi connectivity index (χ1n) is 7.73. The van der Waals surface area contributed by atoms with Crippen molar-refractivity contribution in [2.75, 3.05) is 39.6 Å². The van der Waals surface area contributed by atoms with E-state index in [0.29, 0.717) is 11.5 Å². The molecule has 0 aliphatic carbocycles. The van der Waals surface area contributed by atoms with Gasteiger partial charge in [0.15, 0.2) is 0 Å².